The Morgan fingerprint density at radius 2 is 1.48 bits per heavy atom. The summed E-state index contributed by atoms with van der Waals surface area (Å²) < 4.78 is 57.5. The monoisotopic (exact) mass is 790 g/mol. The zero-order valence-electron chi connectivity index (χ0n) is 33.5. The van der Waals surface area contributed by atoms with Crippen molar-refractivity contribution in [3.05, 3.63) is 52.7 Å². The largest absolute Gasteiger partial charge is 0.496 e. The van der Waals surface area contributed by atoms with Gasteiger partial charge in [-0.05, 0) is 88.4 Å². The molecule has 3 aromatic rings. The average Bonchev–Trinajstić information content (AvgIpc) is 3.16. The van der Waals surface area contributed by atoms with E-state index >= 15 is 0 Å². The Hall–Kier alpha value is -4.37. The molecule has 0 unspecified atom stereocenters. The lowest BCUT2D eigenvalue weighted by molar-refractivity contribution is -0.192. The molecule has 5 rings (SSSR count). The highest BCUT2D eigenvalue weighted by Gasteiger charge is 2.38. The second-order valence-corrected chi connectivity index (χ2v) is 15.3. The third-order valence-electron chi connectivity index (χ3n) is 9.99. The van der Waals surface area contributed by atoms with E-state index in [1.807, 2.05) is 37.6 Å². The Morgan fingerprint density at radius 3 is 2.02 bits per heavy atom. The molecule has 0 bridgehead atoms. The van der Waals surface area contributed by atoms with E-state index in [1.165, 1.54) is 0 Å². The lowest BCUT2D eigenvalue weighted by Crippen LogP contribution is -2.45. The maximum absolute atomic E-state index is 13.3. The number of rotatable bonds is 13. The Kier molecular flexibility index (Phi) is 16.0. The van der Waals surface area contributed by atoms with E-state index in [0.29, 0.717) is 25.0 Å². The minimum absolute atomic E-state index is 0.00310. The molecule has 2 saturated heterocycles. The first kappa shape index (κ1) is 44.3. The zero-order chi connectivity index (χ0) is 41.0. The molecule has 1 amide bonds. The van der Waals surface area contributed by atoms with Gasteiger partial charge in [0.2, 0.25) is 0 Å². The summed E-state index contributed by atoms with van der Waals surface area (Å²) in [7, 11) is 3.42. The second kappa shape index (κ2) is 20.2. The molecule has 310 valence electrons. The smallest absolute Gasteiger partial charge is 0.490 e. The molecule has 15 heteroatoms. The van der Waals surface area contributed by atoms with Crippen molar-refractivity contribution >= 4 is 22.8 Å². The highest BCUT2D eigenvalue weighted by atomic mass is 19.4. The topological polar surface area (TPSA) is 133 Å². The van der Waals surface area contributed by atoms with Gasteiger partial charge < -0.3 is 38.4 Å². The number of pyridine rings is 2. The lowest BCUT2D eigenvalue weighted by atomic mass is 9.97. The van der Waals surface area contributed by atoms with Crippen LogP contribution in [0.25, 0.3) is 21.9 Å². The number of nitrogens with zero attached hydrogens (tertiary/aromatic N) is 4. The maximum Gasteiger partial charge on any atom is 0.490 e. The normalized spacial score (nSPS) is 16.0. The number of hydrogen-bond acceptors (Lipinski definition) is 9. The van der Waals surface area contributed by atoms with Crippen LogP contribution in [0.4, 0.5) is 18.0 Å². The number of carbonyl (C=O) groups excluding carboxylic acids is 1. The van der Waals surface area contributed by atoms with E-state index in [2.05, 4.69) is 28.9 Å². The molecule has 56 heavy (non-hydrogen) atoms. The van der Waals surface area contributed by atoms with Gasteiger partial charge in [-0.2, -0.15) is 13.2 Å². The molecule has 2 fully saturated rings. The van der Waals surface area contributed by atoms with Gasteiger partial charge in [0.05, 0.1) is 31.8 Å². The zero-order valence-corrected chi connectivity index (χ0v) is 33.5. The van der Waals surface area contributed by atoms with Crippen molar-refractivity contribution in [2.45, 2.75) is 116 Å². The first-order valence-electron chi connectivity index (χ1n) is 19.4. The third-order valence-corrected chi connectivity index (χ3v) is 9.99. The third kappa shape index (κ3) is 12.6. The minimum atomic E-state index is -5.08. The summed E-state index contributed by atoms with van der Waals surface area (Å²) >= 11 is 0. The van der Waals surface area contributed by atoms with Crippen LogP contribution in [0.5, 0.6) is 11.5 Å². The van der Waals surface area contributed by atoms with Crippen molar-refractivity contribution in [2.75, 3.05) is 46.9 Å². The fraction of sp³-hybridized carbons (Fsp3) is 0.610. The Bertz CT molecular complexity index is 1790. The van der Waals surface area contributed by atoms with Gasteiger partial charge in [-0.1, -0.05) is 26.2 Å². The van der Waals surface area contributed by atoms with Gasteiger partial charge in [0, 0.05) is 69.0 Å². The van der Waals surface area contributed by atoms with E-state index < -0.39 is 17.7 Å². The van der Waals surface area contributed by atoms with Gasteiger partial charge in [0.15, 0.2) is 0 Å². The van der Waals surface area contributed by atoms with E-state index in [0.717, 1.165) is 111 Å². The number of amides is 1. The van der Waals surface area contributed by atoms with Gasteiger partial charge in [0.25, 0.3) is 5.56 Å². The van der Waals surface area contributed by atoms with Crippen LogP contribution in [-0.4, -0.2) is 107 Å². The van der Waals surface area contributed by atoms with Crippen LogP contribution in [0.15, 0.2) is 41.6 Å². The molecule has 0 radical (unpaired) electrons. The van der Waals surface area contributed by atoms with Crippen molar-refractivity contribution in [3.8, 4) is 22.6 Å². The number of piperidine rings is 2. The molecule has 2 aromatic heterocycles. The number of ether oxygens (including phenoxy) is 4. The highest BCUT2D eigenvalue weighted by molar-refractivity contribution is 5.95. The van der Waals surface area contributed by atoms with Gasteiger partial charge >= 0.3 is 18.2 Å². The molecule has 0 saturated carbocycles. The Morgan fingerprint density at radius 1 is 0.893 bits per heavy atom. The van der Waals surface area contributed by atoms with Gasteiger partial charge in [0.1, 0.15) is 17.1 Å². The molecule has 2 aliphatic rings. The Labute approximate surface area is 326 Å². The van der Waals surface area contributed by atoms with E-state index in [1.54, 1.807) is 31.5 Å². The molecule has 0 aliphatic carbocycles. The summed E-state index contributed by atoms with van der Waals surface area (Å²) in [4.78, 5) is 43.2. The highest BCUT2D eigenvalue weighted by Crippen LogP contribution is 2.38. The number of halogens is 3. The number of aromatic nitrogens is 2. The van der Waals surface area contributed by atoms with Crippen LogP contribution in [0, 0.1) is 0 Å². The summed E-state index contributed by atoms with van der Waals surface area (Å²) in [5, 5.41) is 8.62. The van der Waals surface area contributed by atoms with Crippen LogP contribution < -0.4 is 15.0 Å². The number of alkyl halides is 3. The van der Waals surface area contributed by atoms with Gasteiger partial charge in [-0.15, -0.1) is 0 Å². The lowest BCUT2D eigenvalue weighted by Gasteiger charge is -2.37. The maximum atomic E-state index is 13.3. The number of fused-ring (bicyclic) bond motifs is 1. The first-order valence-corrected chi connectivity index (χ1v) is 19.4. The summed E-state index contributed by atoms with van der Waals surface area (Å²) in [5.41, 5.74) is 2.48. The van der Waals surface area contributed by atoms with Gasteiger partial charge in [-0.25, -0.2) is 9.59 Å². The van der Waals surface area contributed by atoms with E-state index in [9.17, 15) is 22.8 Å². The fourth-order valence-electron chi connectivity index (χ4n) is 7.04. The average molecular weight is 791 g/mol. The van der Waals surface area contributed by atoms with Crippen LogP contribution in [0.2, 0.25) is 0 Å². The number of carbonyl (C=O) groups is 2. The number of aliphatic carboxylic acids is 1. The van der Waals surface area contributed by atoms with Crippen LogP contribution >= 0.6 is 0 Å². The van der Waals surface area contributed by atoms with Crippen LogP contribution in [0.1, 0.15) is 84.6 Å². The SMILES string of the molecule is CCCCCCn1cc(-c2cc(OC)c(CCN3CCC(OC4CCN(C(=O)OC(C)(C)C)CC4)CC3)c(OC)c2)c2ccncc2c1=O.O=C(O)C(F)(F)F. The molecule has 0 spiro atoms. The van der Waals surface area contributed by atoms with E-state index in [4.69, 9.17) is 28.8 Å². The van der Waals surface area contributed by atoms with Crippen molar-refractivity contribution in [2.24, 2.45) is 0 Å². The van der Waals surface area contributed by atoms with E-state index in [-0.39, 0.29) is 23.9 Å². The van der Waals surface area contributed by atoms with Crippen molar-refractivity contribution in [1.29, 1.82) is 0 Å². The number of carboxylic acid groups (broad SMARTS) is 1. The quantitative estimate of drug-likeness (QED) is 0.172. The number of carboxylic acids is 1. The molecule has 4 heterocycles. The number of methoxy groups -OCH3 is 2. The van der Waals surface area contributed by atoms with Crippen LogP contribution in [-0.2, 0) is 27.2 Å². The van der Waals surface area contributed by atoms with Crippen molar-refractivity contribution < 1.29 is 46.8 Å². The molecule has 1 N–H and O–H groups in total. The van der Waals surface area contributed by atoms with Gasteiger partial charge in [-0.3, -0.25) is 9.78 Å². The standard InChI is InChI=1S/C39H56N4O6.C2HF3O2/c1-7-8-9-10-18-43-27-34(31-11-17-40-26-33(31)37(43)44)28-24-35(46-5)32(36(25-28)47-6)16-21-41-19-12-29(13-20-41)48-30-14-22-42(23-15-30)38(45)49-39(2,3)4;3-2(4,5)1(6)7/h11,17,24-27,29-30H,7-10,12-16,18-23H2,1-6H3;(H,6,7). The molecule has 1 aromatic carbocycles. The predicted molar refractivity (Wildman–Crippen MR) is 207 cm³/mol. The molecule has 0 atom stereocenters. The number of unbranched alkanes of at least 4 members (excludes halogenated alkanes) is 3. The summed E-state index contributed by atoms with van der Waals surface area (Å²) in [6.45, 7) is 12.8. The number of benzene rings is 1. The molecule has 12 nitrogen and oxygen atoms in total. The number of aryl methyl sites for hydroxylation is 1. The van der Waals surface area contributed by atoms with Crippen molar-refractivity contribution in [3.63, 3.8) is 0 Å². The molecular formula is C41H57F3N4O8. The number of hydrogen-bond donors (Lipinski definition) is 1. The minimum Gasteiger partial charge on any atom is -0.496 e. The van der Waals surface area contributed by atoms with Crippen molar-refractivity contribution in [1.82, 2.24) is 19.4 Å². The first-order chi connectivity index (χ1) is 26.5. The second-order valence-electron chi connectivity index (χ2n) is 15.3. The molecule has 2 aliphatic heterocycles. The Balaban J connectivity index is 0.000000908. The fourth-order valence-corrected chi connectivity index (χ4v) is 7.04. The summed E-state index contributed by atoms with van der Waals surface area (Å²) in [6, 6.07) is 6.07. The van der Waals surface area contributed by atoms with Crippen LogP contribution in [0.3, 0.4) is 0 Å². The summed E-state index contributed by atoms with van der Waals surface area (Å²) in [5.74, 6) is -1.19. The predicted octanol–water partition coefficient (Wildman–Crippen LogP) is 7.72. The molecular weight excluding hydrogens is 733 g/mol. The number of likely N-dealkylation sites (tertiary alicyclic amines) is 2. The summed E-state index contributed by atoms with van der Waals surface area (Å²) in [6.07, 6.45) is 9.39.